The van der Waals surface area contributed by atoms with Crippen molar-refractivity contribution in [3.63, 3.8) is 0 Å². The normalized spacial score (nSPS) is 40.6. The molecule has 0 amide bonds. The van der Waals surface area contributed by atoms with Gasteiger partial charge in [0.2, 0.25) is 0 Å². The molecule has 0 aromatic carbocycles. The van der Waals surface area contributed by atoms with Crippen LogP contribution in [-0.4, -0.2) is 51.6 Å². The molecule has 4 unspecified atom stereocenters. The van der Waals surface area contributed by atoms with E-state index in [9.17, 15) is 5.11 Å². The highest BCUT2D eigenvalue weighted by Crippen LogP contribution is 2.21. The summed E-state index contributed by atoms with van der Waals surface area (Å²) in [6.07, 6.45) is -2.29. The number of hydrogen-bond acceptors (Lipinski definition) is 5. The second-order valence-electron chi connectivity index (χ2n) is 3.31. The van der Waals surface area contributed by atoms with E-state index in [0.29, 0.717) is 19.3 Å². The van der Waals surface area contributed by atoms with E-state index < -0.39 is 18.5 Å². The summed E-state index contributed by atoms with van der Waals surface area (Å²) in [7, 11) is 0. The summed E-state index contributed by atoms with van der Waals surface area (Å²) in [5.74, 6) is 0. The third-order valence-corrected chi connectivity index (χ3v) is 2.21. The topological polar surface area (TPSA) is 90.2 Å². The van der Waals surface area contributed by atoms with Crippen LogP contribution >= 0.6 is 0 Å². The monoisotopic (exact) mass is 192 g/mol. The molecule has 0 radical (unpaired) electrons. The van der Waals surface area contributed by atoms with Crippen molar-refractivity contribution in [2.24, 2.45) is 0 Å². The van der Waals surface area contributed by atoms with Crippen molar-refractivity contribution >= 4 is 0 Å². The van der Waals surface area contributed by atoms with E-state index in [2.05, 4.69) is 0 Å². The van der Waals surface area contributed by atoms with Crippen molar-refractivity contribution in [3.05, 3.63) is 0 Å². The maximum Gasteiger partial charge on any atom is 0.183 e. The molecule has 0 bridgehead atoms. The van der Waals surface area contributed by atoms with E-state index in [1.54, 1.807) is 0 Å². The van der Waals surface area contributed by atoms with Crippen LogP contribution in [0.4, 0.5) is 0 Å². The minimum absolute atomic E-state index is 0.0641. The van der Waals surface area contributed by atoms with Gasteiger partial charge in [0.15, 0.2) is 6.29 Å². The lowest BCUT2D eigenvalue weighted by molar-refractivity contribution is -0.248. The number of hydrogen-bond donors (Lipinski definition) is 4. The van der Waals surface area contributed by atoms with Crippen LogP contribution in [0.5, 0.6) is 0 Å². The summed E-state index contributed by atoms with van der Waals surface area (Å²) < 4.78 is 5.01. The van der Waals surface area contributed by atoms with E-state index in [1.807, 2.05) is 0 Å². The molecule has 0 spiro atoms. The van der Waals surface area contributed by atoms with Gasteiger partial charge < -0.3 is 25.2 Å². The van der Waals surface area contributed by atoms with Crippen LogP contribution in [0.3, 0.4) is 0 Å². The molecule has 1 aliphatic heterocycles. The fourth-order valence-corrected chi connectivity index (χ4v) is 1.44. The molecule has 0 aromatic heterocycles. The molecule has 4 N–H and O–H groups in total. The largest absolute Gasteiger partial charge is 0.396 e. The predicted molar refractivity (Wildman–Crippen MR) is 43.8 cm³/mol. The molecule has 13 heavy (non-hydrogen) atoms. The van der Waals surface area contributed by atoms with E-state index in [1.165, 1.54) is 0 Å². The van der Waals surface area contributed by atoms with Crippen molar-refractivity contribution in [3.8, 4) is 0 Å². The molecule has 1 heterocycles. The molecule has 5 nitrogen and oxygen atoms in total. The van der Waals surface area contributed by atoms with Gasteiger partial charge in [-0.15, -0.1) is 0 Å². The maximum absolute atomic E-state index is 9.27. The zero-order valence-electron chi connectivity index (χ0n) is 7.33. The third kappa shape index (κ3) is 2.89. The molecule has 0 aromatic rings. The minimum atomic E-state index is -1.31. The van der Waals surface area contributed by atoms with Crippen LogP contribution in [0.15, 0.2) is 0 Å². The van der Waals surface area contributed by atoms with Crippen LogP contribution in [0.1, 0.15) is 19.3 Å². The highest BCUT2D eigenvalue weighted by Gasteiger charge is 2.34. The average molecular weight is 192 g/mol. The van der Waals surface area contributed by atoms with Crippen LogP contribution in [0, 0.1) is 0 Å². The Kier molecular flexibility index (Phi) is 4.08. The number of ether oxygens (including phenoxy) is 1. The number of aliphatic hydroxyl groups excluding tert-OH is 4. The van der Waals surface area contributed by atoms with Gasteiger partial charge in [0, 0.05) is 13.0 Å². The lowest BCUT2D eigenvalue weighted by Gasteiger charge is -2.34. The molecule has 1 fully saturated rings. The Morgan fingerprint density at radius 2 is 1.92 bits per heavy atom. The summed E-state index contributed by atoms with van der Waals surface area (Å²) in [4.78, 5) is 0. The Morgan fingerprint density at radius 3 is 2.46 bits per heavy atom. The van der Waals surface area contributed by atoms with Gasteiger partial charge in [-0.1, -0.05) is 0 Å². The highest BCUT2D eigenvalue weighted by molar-refractivity contribution is 4.80. The quantitative estimate of drug-likeness (QED) is 0.441. The van der Waals surface area contributed by atoms with Crippen molar-refractivity contribution < 1.29 is 25.2 Å². The zero-order chi connectivity index (χ0) is 9.84. The van der Waals surface area contributed by atoms with Crippen molar-refractivity contribution in [2.75, 3.05) is 6.61 Å². The molecular formula is C8H16O5. The summed E-state index contributed by atoms with van der Waals surface area (Å²) in [5.41, 5.74) is 0. The van der Waals surface area contributed by atoms with E-state index in [0.717, 1.165) is 0 Å². The smallest absolute Gasteiger partial charge is 0.183 e. The first kappa shape index (κ1) is 10.9. The lowest BCUT2D eigenvalue weighted by atomic mass is 9.99. The Balaban J connectivity index is 2.35. The summed E-state index contributed by atoms with van der Waals surface area (Å²) >= 11 is 0. The third-order valence-electron chi connectivity index (χ3n) is 2.21. The van der Waals surface area contributed by atoms with Gasteiger partial charge in [-0.3, -0.25) is 0 Å². The van der Waals surface area contributed by atoms with E-state index in [4.69, 9.17) is 20.1 Å². The van der Waals surface area contributed by atoms with Gasteiger partial charge >= 0.3 is 0 Å². The molecular weight excluding hydrogens is 176 g/mol. The highest BCUT2D eigenvalue weighted by atomic mass is 16.6. The van der Waals surface area contributed by atoms with Crippen LogP contribution in [0.25, 0.3) is 0 Å². The van der Waals surface area contributed by atoms with Crippen molar-refractivity contribution in [1.82, 2.24) is 0 Å². The molecule has 78 valence electrons. The maximum atomic E-state index is 9.27. The van der Waals surface area contributed by atoms with Gasteiger partial charge in [-0.2, -0.15) is 0 Å². The van der Waals surface area contributed by atoms with Gasteiger partial charge in [0.05, 0.1) is 12.2 Å². The van der Waals surface area contributed by atoms with Crippen molar-refractivity contribution in [1.29, 1.82) is 0 Å². The number of aliphatic hydroxyl groups is 4. The van der Waals surface area contributed by atoms with Gasteiger partial charge in [-0.25, -0.2) is 0 Å². The van der Waals surface area contributed by atoms with Crippen molar-refractivity contribution in [2.45, 2.75) is 43.9 Å². The molecule has 1 rings (SSSR count). The fourth-order valence-electron chi connectivity index (χ4n) is 1.44. The molecule has 1 aliphatic rings. The predicted octanol–water partition coefficient (Wildman–Crippen LogP) is -1.41. The summed E-state index contributed by atoms with van der Waals surface area (Å²) in [6.45, 7) is 0.0641. The summed E-state index contributed by atoms with van der Waals surface area (Å²) in [5, 5.41) is 36.1. The second-order valence-corrected chi connectivity index (χ2v) is 3.31. The standard InChI is InChI=1S/C8H16O5/c9-3-1-2-5-4-6(10)7(11)8(12)13-5/h5-12H,1-4H2. The minimum Gasteiger partial charge on any atom is -0.396 e. The Bertz CT molecular complexity index is 139. The van der Waals surface area contributed by atoms with Crippen LogP contribution in [0.2, 0.25) is 0 Å². The lowest BCUT2D eigenvalue weighted by Crippen LogP contribution is -2.48. The van der Waals surface area contributed by atoms with Gasteiger partial charge in [0.25, 0.3) is 0 Å². The Labute approximate surface area is 76.6 Å². The Hall–Kier alpha value is -0.200. The first-order valence-electron chi connectivity index (χ1n) is 4.45. The first-order chi connectivity index (χ1) is 6.15. The van der Waals surface area contributed by atoms with E-state index >= 15 is 0 Å². The first-order valence-corrected chi connectivity index (χ1v) is 4.45. The SMILES string of the molecule is OCCCC1CC(O)C(O)C(O)O1. The van der Waals surface area contributed by atoms with Gasteiger partial charge in [0.1, 0.15) is 6.10 Å². The van der Waals surface area contributed by atoms with Crippen LogP contribution < -0.4 is 0 Å². The average Bonchev–Trinajstić information content (AvgIpc) is 2.10. The molecule has 1 saturated heterocycles. The second kappa shape index (κ2) is 4.88. The van der Waals surface area contributed by atoms with Gasteiger partial charge in [-0.05, 0) is 12.8 Å². The molecule has 4 atom stereocenters. The fraction of sp³-hybridized carbons (Fsp3) is 1.00. The summed E-state index contributed by atoms with van der Waals surface area (Å²) in [6, 6.07) is 0. The molecule has 5 heteroatoms. The molecule has 0 saturated carbocycles. The zero-order valence-corrected chi connectivity index (χ0v) is 7.33. The number of rotatable bonds is 3. The van der Waals surface area contributed by atoms with Crippen LogP contribution in [-0.2, 0) is 4.74 Å². The molecule has 0 aliphatic carbocycles. The van der Waals surface area contributed by atoms with E-state index in [-0.39, 0.29) is 12.7 Å². The Morgan fingerprint density at radius 1 is 1.23 bits per heavy atom.